The smallest absolute Gasteiger partial charge is 0.340 e. The normalized spacial score (nSPS) is 31.8. The molecule has 8 nitrogen and oxygen atoms in total. The summed E-state index contributed by atoms with van der Waals surface area (Å²) in [6.07, 6.45) is 5.63. The molecule has 2 N–H and O–H groups in total. The molecular weight excluding hydrogens is 408 g/mol. The van der Waals surface area contributed by atoms with Gasteiger partial charge in [-0.2, -0.15) is 0 Å². The van der Waals surface area contributed by atoms with Gasteiger partial charge in [0.2, 0.25) is 0 Å². The number of fused-ring (bicyclic) bond motifs is 1. The standard InChI is InChI=1S/C21H28N4O4.ClH/c1-2-15-4-3-7-20(17(26)14-18(27)21(15,20)22)19(28)29-25-12-10-24(11-13-25)16-5-8-23-9-6-16;/h5-6,8-9,15H,2-4,7,10-14,22H2,1H3;1H. The van der Waals surface area contributed by atoms with Crippen LogP contribution in [-0.4, -0.2) is 59.3 Å². The van der Waals surface area contributed by atoms with Gasteiger partial charge in [-0.25, -0.2) is 4.79 Å². The second-order valence-electron chi connectivity index (χ2n) is 8.30. The summed E-state index contributed by atoms with van der Waals surface area (Å²) in [7, 11) is 0. The highest BCUT2D eigenvalue weighted by Crippen LogP contribution is 2.54. The minimum atomic E-state index is -1.54. The number of hydrogen-bond donors (Lipinski definition) is 1. The Bertz CT molecular complexity index is 814. The van der Waals surface area contributed by atoms with Crippen molar-refractivity contribution in [3.05, 3.63) is 24.5 Å². The van der Waals surface area contributed by atoms with Crippen molar-refractivity contribution in [3.8, 4) is 0 Å². The Labute approximate surface area is 182 Å². The number of carbonyl (C=O) groups is 3. The zero-order valence-electron chi connectivity index (χ0n) is 17.2. The molecule has 1 aliphatic heterocycles. The summed E-state index contributed by atoms with van der Waals surface area (Å²) in [5, 5.41) is 1.60. The van der Waals surface area contributed by atoms with Gasteiger partial charge in [0.15, 0.2) is 17.0 Å². The number of hydroxylamine groups is 2. The molecule has 1 saturated heterocycles. The molecule has 3 fully saturated rings. The monoisotopic (exact) mass is 436 g/mol. The van der Waals surface area contributed by atoms with Crippen molar-refractivity contribution in [1.29, 1.82) is 0 Å². The van der Waals surface area contributed by atoms with Crippen LogP contribution in [0.5, 0.6) is 0 Å². The van der Waals surface area contributed by atoms with Gasteiger partial charge < -0.3 is 15.5 Å². The van der Waals surface area contributed by atoms with Crippen molar-refractivity contribution in [2.24, 2.45) is 17.1 Å². The van der Waals surface area contributed by atoms with Crippen LogP contribution < -0.4 is 10.6 Å². The summed E-state index contributed by atoms with van der Waals surface area (Å²) in [6.45, 7) is 4.35. The Morgan fingerprint density at radius 2 is 1.87 bits per heavy atom. The molecule has 3 aliphatic rings. The second-order valence-corrected chi connectivity index (χ2v) is 8.30. The van der Waals surface area contributed by atoms with Gasteiger partial charge in [0.1, 0.15) is 5.54 Å². The van der Waals surface area contributed by atoms with Gasteiger partial charge in [-0.15, -0.1) is 17.5 Å². The summed E-state index contributed by atoms with van der Waals surface area (Å²) < 4.78 is 0. The molecule has 1 aromatic heterocycles. The van der Waals surface area contributed by atoms with Crippen LogP contribution >= 0.6 is 12.4 Å². The third kappa shape index (κ3) is 3.31. The fourth-order valence-corrected chi connectivity index (χ4v) is 5.37. The Morgan fingerprint density at radius 3 is 2.50 bits per heavy atom. The topological polar surface area (TPSA) is 106 Å². The predicted molar refractivity (Wildman–Crippen MR) is 113 cm³/mol. The van der Waals surface area contributed by atoms with Crippen LogP contribution in [-0.2, 0) is 19.2 Å². The van der Waals surface area contributed by atoms with Crippen LogP contribution in [0.15, 0.2) is 24.5 Å². The molecule has 2 saturated carbocycles. The average molecular weight is 437 g/mol. The van der Waals surface area contributed by atoms with Crippen LogP contribution in [0.1, 0.15) is 39.0 Å². The van der Waals surface area contributed by atoms with E-state index in [-0.39, 0.29) is 36.3 Å². The number of rotatable bonds is 4. The first-order valence-electron chi connectivity index (χ1n) is 10.4. The molecule has 0 amide bonds. The Morgan fingerprint density at radius 1 is 1.20 bits per heavy atom. The zero-order valence-corrected chi connectivity index (χ0v) is 18.0. The van der Waals surface area contributed by atoms with E-state index in [1.807, 2.05) is 19.1 Å². The predicted octanol–water partition coefficient (Wildman–Crippen LogP) is 1.52. The third-order valence-electron chi connectivity index (χ3n) is 7.03. The molecule has 2 aliphatic carbocycles. The maximum absolute atomic E-state index is 13.3. The summed E-state index contributed by atoms with van der Waals surface area (Å²) in [5.74, 6) is -1.50. The van der Waals surface area contributed by atoms with Crippen molar-refractivity contribution in [2.75, 3.05) is 31.1 Å². The van der Waals surface area contributed by atoms with E-state index >= 15 is 0 Å². The number of hydrogen-bond acceptors (Lipinski definition) is 8. The fraction of sp³-hybridized carbons (Fsp3) is 0.619. The Balaban J connectivity index is 0.00000256. The number of nitrogens with zero attached hydrogens (tertiary/aromatic N) is 3. The lowest BCUT2D eigenvalue weighted by Gasteiger charge is -2.48. The van der Waals surface area contributed by atoms with Crippen LogP contribution in [0.2, 0.25) is 0 Å². The van der Waals surface area contributed by atoms with Gasteiger partial charge in [-0.3, -0.25) is 14.6 Å². The van der Waals surface area contributed by atoms with E-state index in [0.717, 1.165) is 12.1 Å². The maximum Gasteiger partial charge on any atom is 0.340 e. The maximum atomic E-state index is 13.3. The molecule has 3 atom stereocenters. The Hall–Kier alpha value is -2.03. The first-order chi connectivity index (χ1) is 13.9. The Kier molecular flexibility index (Phi) is 6.50. The molecule has 0 spiro atoms. The fourth-order valence-electron chi connectivity index (χ4n) is 5.37. The van der Waals surface area contributed by atoms with Crippen molar-refractivity contribution in [1.82, 2.24) is 10.0 Å². The highest BCUT2D eigenvalue weighted by atomic mass is 35.5. The highest BCUT2D eigenvalue weighted by Gasteiger charge is 2.72. The van der Waals surface area contributed by atoms with Gasteiger partial charge >= 0.3 is 5.97 Å². The van der Waals surface area contributed by atoms with Gasteiger partial charge in [-0.1, -0.05) is 19.8 Å². The van der Waals surface area contributed by atoms with Crippen LogP contribution in [0.4, 0.5) is 5.69 Å². The lowest BCUT2D eigenvalue weighted by atomic mass is 9.57. The average Bonchev–Trinajstić information content (AvgIpc) is 2.95. The van der Waals surface area contributed by atoms with Crippen molar-refractivity contribution >= 4 is 35.6 Å². The first kappa shape index (κ1) is 22.7. The quantitative estimate of drug-likeness (QED) is 0.708. The molecule has 2 heterocycles. The largest absolute Gasteiger partial charge is 0.369 e. The molecule has 0 bridgehead atoms. The van der Waals surface area contributed by atoms with Crippen LogP contribution in [0.3, 0.4) is 0 Å². The summed E-state index contributed by atoms with van der Waals surface area (Å²) in [5.41, 5.74) is 4.68. The number of halogens is 1. The van der Waals surface area contributed by atoms with Gasteiger partial charge in [0.25, 0.3) is 0 Å². The van der Waals surface area contributed by atoms with Crippen molar-refractivity contribution < 1.29 is 19.2 Å². The summed E-state index contributed by atoms with van der Waals surface area (Å²) in [6, 6.07) is 3.89. The highest BCUT2D eigenvalue weighted by molar-refractivity contribution is 6.23. The molecule has 3 unspecified atom stereocenters. The summed E-state index contributed by atoms with van der Waals surface area (Å²) in [4.78, 5) is 50.9. The summed E-state index contributed by atoms with van der Waals surface area (Å²) >= 11 is 0. The lowest BCUT2D eigenvalue weighted by molar-refractivity contribution is -0.210. The molecule has 0 aromatic carbocycles. The van der Waals surface area contributed by atoms with E-state index in [1.54, 1.807) is 17.5 Å². The van der Waals surface area contributed by atoms with Crippen molar-refractivity contribution in [3.63, 3.8) is 0 Å². The number of anilines is 1. The molecular formula is C21H29ClN4O4. The minimum absolute atomic E-state index is 0. The van der Waals surface area contributed by atoms with E-state index in [9.17, 15) is 14.4 Å². The number of ketones is 2. The van der Waals surface area contributed by atoms with Crippen LogP contribution in [0, 0.1) is 11.3 Å². The van der Waals surface area contributed by atoms with E-state index in [4.69, 9.17) is 10.6 Å². The van der Waals surface area contributed by atoms with Gasteiger partial charge in [0.05, 0.1) is 19.5 Å². The van der Waals surface area contributed by atoms with Crippen molar-refractivity contribution in [2.45, 2.75) is 44.6 Å². The minimum Gasteiger partial charge on any atom is -0.369 e. The van der Waals surface area contributed by atoms with Gasteiger partial charge in [-0.05, 0) is 30.9 Å². The molecule has 0 radical (unpaired) electrons. The van der Waals surface area contributed by atoms with E-state index in [0.29, 0.717) is 45.4 Å². The SMILES string of the molecule is CCC1CCCC2(C(=O)ON3CCN(c4ccncc4)CC3)C(=O)CC(=O)C12N.Cl. The lowest BCUT2D eigenvalue weighted by Crippen LogP contribution is -2.68. The number of Topliss-reactive ketones (excluding diaryl/α,β-unsaturated/α-hetero) is 2. The first-order valence-corrected chi connectivity index (χ1v) is 10.4. The number of piperazine rings is 1. The third-order valence-corrected chi connectivity index (χ3v) is 7.03. The second kappa shape index (κ2) is 8.61. The van der Waals surface area contributed by atoms with Crippen LogP contribution in [0.25, 0.3) is 0 Å². The number of aromatic nitrogens is 1. The molecule has 9 heteroatoms. The van der Waals surface area contributed by atoms with E-state index in [2.05, 4.69) is 9.88 Å². The number of pyridine rings is 1. The van der Waals surface area contributed by atoms with Gasteiger partial charge in [0, 0.05) is 31.2 Å². The zero-order chi connectivity index (χ0) is 20.6. The molecule has 4 rings (SSSR count). The number of carbonyl (C=O) groups excluding carboxylic acids is 3. The molecule has 164 valence electrons. The molecule has 30 heavy (non-hydrogen) atoms. The number of nitrogens with two attached hydrogens (primary N) is 1. The molecule has 1 aromatic rings. The van der Waals surface area contributed by atoms with E-state index in [1.165, 1.54) is 0 Å². The van der Waals surface area contributed by atoms with E-state index < -0.39 is 16.9 Å².